The Morgan fingerprint density at radius 2 is 1.68 bits per heavy atom. The summed E-state index contributed by atoms with van der Waals surface area (Å²) < 4.78 is 41.2. The van der Waals surface area contributed by atoms with E-state index in [2.05, 4.69) is 10.0 Å². The van der Waals surface area contributed by atoms with E-state index in [1.54, 1.807) is 44.3 Å². The lowest BCUT2D eigenvalue weighted by molar-refractivity contribution is -0.129. The Bertz CT molecular complexity index is 1310. The first-order chi connectivity index (χ1) is 16.0. The summed E-state index contributed by atoms with van der Waals surface area (Å²) in [7, 11) is -2.21. The lowest BCUT2D eigenvalue weighted by Crippen LogP contribution is -2.37. The molecule has 0 aromatic heterocycles. The molecule has 2 amide bonds. The molecule has 3 aromatic rings. The molecule has 3 aromatic carbocycles. The summed E-state index contributed by atoms with van der Waals surface area (Å²) in [5, 5.41) is 2.54. The van der Waals surface area contributed by atoms with Crippen molar-refractivity contribution in [3.05, 3.63) is 94.8 Å². The zero-order valence-electron chi connectivity index (χ0n) is 19.1. The Morgan fingerprint density at radius 1 is 0.971 bits per heavy atom. The van der Waals surface area contributed by atoms with Crippen LogP contribution in [0.15, 0.2) is 71.6 Å². The fourth-order valence-corrected chi connectivity index (χ4v) is 4.68. The molecule has 0 heterocycles. The first kappa shape index (κ1) is 24.9. The predicted octanol–water partition coefficient (Wildman–Crippen LogP) is 3.63. The van der Waals surface area contributed by atoms with Crippen LogP contribution in [0.25, 0.3) is 0 Å². The number of hydrogen-bond acceptors (Lipinski definition) is 4. The van der Waals surface area contributed by atoms with Crippen LogP contribution < -0.4 is 10.0 Å². The second-order valence-electron chi connectivity index (χ2n) is 8.01. The zero-order chi connectivity index (χ0) is 24.9. The SMILES string of the molecule is Cc1ccc(S(=O)(=O)Nc2ccc(C(=O)NCC(=O)N(C)Cc3cccc(F)c3)cc2)c(C)c1. The number of likely N-dealkylation sites (N-methyl/N-ethyl adjacent to an activating group) is 1. The van der Waals surface area contributed by atoms with Gasteiger partial charge in [-0.15, -0.1) is 0 Å². The average Bonchev–Trinajstić information content (AvgIpc) is 2.77. The molecule has 9 heteroatoms. The minimum Gasteiger partial charge on any atom is -0.343 e. The number of anilines is 1. The summed E-state index contributed by atoms with van der Waals surface area (Å²) in [6.45, 7) is 3.59. The van der Waals surface area contributed by atoms with Crippen LogP contribution in [-0.2, 0) is 21.4 Å². The zero-order valence-corrected chi connectivity index (χ0v) is 19.9. The molecule has 0 radical (unpaired) electrons. The van der Waals surface area contributed by atoms with Gasteiger partial charge in [0.2, 0.25) is 5.91 Å². The van der Waals surface area contributed by atoms with E-state index < -0.39 is 15.9 Å². The quantitative estimate of drug-likeness (QED) is 0.512. The summed E-state index contributed by atoms with van der Waals surface area (Å²) in [5.41, 5.74) is 2.82. The molecule has 0 atom stereocenters. The molecule has 0 aliphatic carbocycles. The minimum absolute atomic E-state index is 0.181. The smallest absolute Gasteiger partial charge is 0.262 e. The highest BCUT2D eigenvalue weighted by molar-refractivity contribution is 7.92. The molecule has 3 rings (SSSR count). The highest BCUT2D eigenvalue weighted by Crippen LogP contribution is 2.20. The maximum absolute atomic E-state index is 13.3. The first-order valence-electron chi connectivity index (χ1n) is 10.5. The monoisotopic (exact) mass is 483 g/mol. The van der Waals surface area contributed by atoms with Crippen molar-refractivity contribution in [1.29, 1.82) is 0 Å². The molecule has 0 bridgehead atoms. The van der Waals surface area contributed by atoms with Gasteiger partial charge in [0.1, 0.15) is 5.82 Å². The minimum atomic E-state index is -3.78. The number of hydrogen-bond donors (Lipinski definition) is 2. The Balaban J connectivity index is 1.56. The molecule has 0 spiro atoms. The average molecular weight is 484 g/mol. The molecule has 0 unspecified atom stereocenters. The summed E-state index contributed by atoms with van der Waals surface area (Å²) in [6.07, 6.45) is 0. The van der Waals surface area contributed by atoms with Crippen molar-refractivity contribution in [3.8, 4) is 0 Å². The maximum Gasteiger partial charge on any atom is 0.262 e. The highest BCUT2D eigenvalue weighted by Gasteiger charge is 2.17. The normalized spacial score (nSPS) is 11.1. The van der Waals surface area contributed by atoms with Gasteiger partial charge >= 0.3 is 0 Å². The summed E-state index contributed by atoms with van der Waals surface area (Å²) in [5.74, 6) is -1.20. The van der Waals surface area contributed by atoms with Crippen LogP contribution in [-0.4, -0.2) is 38.7 Å². The molecule has 7 nitrogen and oxygen atoms in total. The topological polar surface area (TPSA) is 95.6 Å². The Morgan fingerprint density at radius 3 is 2.32 bits per heavy atom. The van der Waals surface area contributed by atoms with E-state index in [9.17, 15) is 22.4 Å². The van der Waals surface area contributed by atoms with Gasteiger partial charge in [-0.3, -0.25) is 14.3 Å². The van der Waals surface area contributed by atoms with Crippen LogP contribution in [0, 0.1) is 19.7 Å². The van der Waals surface area contributed by atoms with Crippen LogP contribution in [0.2, 0.25) is 0 Å². The molecule has 0 saturated heterocycles. The van der Waals surface area contributed by atoms with Crippen molar-refractivity contribution in [2.75, 3.05) is 18.3 Å². The van der Waals surface area contributed by atoms with E-state index >= 15 is 0 Å². The second-order valence-corrected chi connectivity index (χ2v) is 9.67. The fraction of sp³-hybridized carbons (Fsp3) is 0.200. The Hall–Kier alpha value is -3.72. The third kappa shape index (κ3) is 6.41. The van der Waals surface area contributed by atoms with Gasteiger partial charge in [0.05, 0.1) is 11.4 Å². The van der Waals surface area contributed by atoms with Crippen LogP contribution >= 0.6 is 0 Å². The number of carbonyl (C=O) groups excluding carboxylic acids is 2. The number of nitrogens with zero attached hydrogens (tertiary/aromatic N) is 1. The number of halogens is 1. The van der Waals surface area contributed by atoms with Gasteiger partial charge in [-0.2, -0.15) is 0 Å². The van der Waals surface area contributed by atoms with Gasteiger partial charge < -0.3 is 10.2 Å². The lowest BCUT2D eigenvalue weighted by Gasteiger charge is -2.17. The van der Waals surface area contributed by atoms with E-state index in [0.717, 1.165) is 5.56 Å². The number of benzene rings is 3. The molecular weight excluding hydrogens is 457 g/mol. The Labute approximate surface area is 198 Å². The highest BCUT2D eigenvalue weighted by atomic mass is 32.2. The number of carbonyl (C=O) groups is 2. The van der Waals surface area contributed by atoms with Gasteiger partial charge in [0.25, 0.3) is 15.9 Å². The third-order valence-corrected chi connectivity index (χ3v) is 6.70. The number of nitrogens with one attached hydrogen (secondary N) is 2. The van der Waals surface area contributed by atoms with Gasteiger partial charge in [-0.05, 0) is 67.4 Å². The van der Waals surface area contributed by atoms with E-state index in [4.69, 9.17) is 0 Å². The van der Waals surface area contributed by atoms with Gasteiger partial charge in [-0.25, -0.2) is 12.8 Å². The molecule has 0 aliphatic heterocycles. The van der Waals surface area contributed by atoms with Crippen LogP contribution in [0.5, 0.6) is 0 Å². The molecule has 0 fully saturated rings. The second kappa shape index (κ2) is 10.5. The van der Waals surface area contributed by atoms with Crippen molar-refractivity contribution >= 4 is 27.5 Å². The molecule has 178 valence electrons. The fourth-order valence-electron chi connectivity index (χ4n) is 3.39. The summed E-state index contributed by atoms with van der Waals surface area (Å²) in [6, 6.07) is 16.9. The molecule has 2 N–H and O–H groups in total. The van der Waals surface area contributed by atoms with Crippen molar-refractivity contribution < 1.29 is 22.4 Å². The molecular formula is C25H26FN3O4S. The number of sulfonamides is 1. The van der Waals surface area contributed by atoms with E-state index in [1.807, 2.05) is 6.92 Å². The van der Waals surface area contributed by atoms with E-state index in [-0.39, 0.29) is 35.3 Å². The van der Waals surface area contributed by atoms with Crippen LogP contribution in [0.3, 0.4) is 0 Å². The molecule has 34 heavy (non-hydrogen) atoms. The van der Waals surface area contributed by atoms with Crippen molar-refractivity contribution in [1.82, 2.24) is 10.2 Å². The van der Waals surface area contributed by atoms with Crippen molar-refractivity contribution in [2.24, 2.45) is 0 Å². The van der Waals surface area contributed by atoms with Crippen molar-refractivity contribution in [3.63, 3.8) is 0 Å². The number of aryl methyl sites for hydroxylation is 2. The summed E-state index contributed by atoms with van der Waals surface area (Å²) in [4.78, 5) is 26.3. The number of amides is 2. The van der Waals surface area contributed by atoms with Gasteiger partial charge in [0.15, 0.2) is 0 Å². The van der Waals surface area contributed by atoms with Gasteiger partial charge in [0, 0.05) is 24.8 Å². The maximum atomic E-state index is 13.3. The molecule has 0 saturated carbocycles. The van der Waals surface area contributed by atoms with E-state index in [0.29, 0.717) is 16.8 Å². The largest absolute Gasteiger partial charge is 0.343 e. The molecule has 0 aliphatic rings. The third-order valence-electron chi connectivity index (χ3n) is 5.15. The first-order valence-corrected chi connectivity index (χ1v) is 12.0. The van der Waals surface area contributed by atoms with Crippen LogP contribution in [0.1, 0.15) is 27.0 Å². The Kier molecular flexibility index (Phi) is 7.68. The van der Waals surface area contributed by atoms with E-state index in [1.165, 1.54) is 41.3 Å². The van der Waals surface area contributed by atoms with Gasteiger partial charge in [-0.1, -0.05) is 29.8 Å². The summed E-state index contributed by atoms with van der Waals surface area (Å²) >= 11 is 0. The van der Waals surface area contributed by atoms with Crippen molar-refractivity contribution in [2.45, 2.75) is 25.3 Å². The van der Waals surface area contributed by atoms with Crippen LogP contribution in [0.4, 0.5) is 10.1 Å². The lowest BCUT2D eigenvalue weighted by atomic mass is 10.2. The predicted molar refractivity (Wildman–Crippen MR) is 128 cm³/mol. The number of rotatable bonds is 8. The standard InChI is InChI=1S/C25H26FN3O4S/c1-17-7-12-23(18(2)13-17)34(32,33)28-22-10-8-20(9-11-22)25(31)27-15-24(30)29(3)16-19-5-4-6-21(26)14-19/h4-14,28H,15-16H2,1-3H3,(H,27,31).